The molecular weight excluding hydrogens is 386 g/mol. The Bertz CT molecular complexity index is 803. The molecule has 1 N–H and O–H groups in total. The first kappa shape index (κ1) is 21.8. The first-order chi connectivity index (χ1) is 13.7. The molecule has 2 saturated heterocycles. The minimum Gasteiger partial charge on any atom is -0.337 e. The van der Waals surface area contributed by atoms with Gasteiger partial charge >= 0.3 is 0 Å². The topological polar surface area (TPSA) is 63.1 Å². The van der Waals surface area contributed by atoms with Crippen LogP contribution in [0.3, 0.4) is 0 Å². The van der Waals surface area contributed by atoms with E-state index >= 15 is 0 Å². The van der Waals surface area contributed by atoms with Gasteiger partial charge in [-0.2, -0.15) is 0 Å². The van der Waals surface area contributed by atoms with Gasteiger partial charge in [0.25, 0.3) is 5.91 Å². The lowest BCUT2D eigenvalue weighted by atomic mass is 9.79. The van der Waals surface area contributed by atoms with E-state index in [1.165, 1.54) is 5.56 Å². The molecule has 0 spiro atoms. The molecule has 2 atom stereocenters. The molecule has 2 fully saturated rings. The summed E-state index contributed by atoms with van der Waals surface area (Å²) in [4.78, 5) is 15.2. The fraction of sp³-hybridized carbons (Fsp3) is 0.591. The van der Waals surface area contributed by atoms with Gasteiger partial charge in [0.15, 0.2) is 5.69 Å². The molecule has 1 aromatic carbocycles. The molecule has 3 heterocycles. The molecule has 0 radical (unpaired) electrons. The third-order valence-corrected chi connectivity index (χ3v) is 6.56. The number of hydrogen-bond donors (Lipinski definition) is 1. The number of hydrogen-bond acceptors (Lipinski definition) is 4. The number of amides is 1. The van der Waals surface area contributed by atoms with Gasteiger partial charge in [-0.15, -0.1) is 17.5 Å². The van der Waals surface area contributed by atoms with E-state index < -0.39 is 0 Å². The van der Waals surface area contributed by atoms with E-state index in [0.29, 0.717) is 23.6 Å². The van der Waals surface area contributed by atoms with E-state index in [2.05, 4.69) is 52.9 Å². The van der Waals surface area contributed by atoms with Crippen molar-refractivity contribution in [2.24, 2.45) is 5.92 Å². The van der Waals surface area contributed by atoms with Gasteiger partial charge in [-0.05, 0) is 56.7 Å². The standard InChI is InChI=1S/C22H31N5O.ClH/c1-3-17-15-26(14-11-20(17)18-7-5-4-6-8-18)22(28)21-16(2)27(25-24-21)19-9-12-23-13-10-19;/h4-8,17,19-20,23H,3,9-15H2,1-2H3;1H. The molecule has 1 aromatic heterocycles. The Morgan fingerprint density at radius 1 is 1.17 bits per heavy atom. The molecule has 1 amide bonds. The van der Waals surface area contributed by atoms with Crippen LogP contribution in [-0.2, 0) is 0 Å². The number of piperidine rings is 2. The molecule has 0 aliphatic carbocycles. The number of likely N-dealkylation sites (tertiary alicyclic amines) is 1. The Morgan fingerprint density at radius 2 is 1.90 bits per heavy atom. The van der Waals surface area contributed by atoms with Crippen molar-refractivity contribution in [1.82, 2.24) is 25.2 Å². The summed E-state index contributed by atoms with van der Waals surface area (Å²) in [5, 5.41) is 12.0. The molecular formula is C22H32ClN5O. The van der Waals surface area contributed by atoms with Crippen molar-refractivity contribution in [3.63, 3.8) is 0 Å². The van der Waals surface area contributed by atoms with Gasteiger partial charge in [-0.1, -0.05) is 48.9 Å². The van der Waals surface area contributed by atoms with Crippen molar-refractivity contribution in [3.8, 4) is 0 Å². The third kappa shape index (κ3) is 4.48. The van der Waals surface area contributed by atoms with Crippen LogP contribution in [0.5, 0.6) is 0 Å². The molecule has 2 aliphatic heterocycles. The van der Waals surface area contributed by atoms with E-state index in [1.54, 1.807) is 0 Å². The van der Waals surface area contributed by atoms with Gasteiger partial charge in [-0.3, -0.25) is 4.79 Å². The largest absolute Gasteiger partial charge is 0.337 e. The van der Waals surface area contributed by atoms with Crippen molar-refractivity contribution in [2.45, 2.75) is 51.5 Å². The van der Waals surface area contributed by atoms with Crippen LogP contribution in [0.25, 0.3) is 0 Å². The summed E-state index contributed by atoms with van der Waals surface area (Å²) in [5.41, 5.74) is 2.84. The predicted octanol–water partition coefficient (Wildman–Crippen LogP) is 3.59. The molecule has 29 heavy (non-hydrogen) atoms. The van der Waals surface area contributed by atoms with Crippen molar-refractivity contribution < 1.29 is 4.79 Å². The summed E-state index contributed by atoms with van der Waals surface area (Å²) in [6.07, 6.45) is 4.16. The highest BCUT2D eigenvalue weighted by molar-refractivity contribution is 5.93. The van der Waals surface area contributed by atoms with Crippen LogP contribution in [0.1, 0.15) is 66.3 Å². The van der Waals surface area contributed by atoms with Gasteiger partial charge in [0.1, 0.15) is 0 Å². The van der Waals surface area contributed by atoms with E-state index in [9.17, 15) is 4.79 Å². The fourth-order valence-corrected chi connectivity index (χ4v) is 4.86. The van der Waals surface area contributed by atoms with Crippen LogP contribution in [0.15, 0.2) is 30.3 Å². The highest BCUT2D eigenvalue weighted by atomic mass is 35.5. The second-order valence-corrected chi connectivity index (χ2v) is 8.17. The average Bonchev–Trinajstić information content (AvgIpc) is 3.15. The monoisotopic (exact) mass is 417 g/mol. The minimum absolute atomic E-state index is 0. The van der Waals surface area contributed by atoms with Crippen LogP contribution in [0, 0.1) is 12.8 Å². The van der Waals surface area contributed by atoms with Gasteiger partial charge in [0.2, 0.25) is 0 Å². The average molecular weight is 418 g/mol. The number of benzene rings is 1. The van der Waals surface area contributed by atoms with Crippen LogP contribution in [0.2, 0.25) is 0 Å². The SMILES string of the molecule is CCC1CN(C(=O)c2nnn(C3CCNCC3)c2C)CCC1c1ccccc1.Cl. The first-order valence-corrected chi connectivity index (χ1v) is 10.7. The number of nitrogens with one attached hydrogen (secondary N) is 1. The Morgan fingerprint density at radius 3 is 2.59 bits per heavy atom. The number of carbonyl (C=O) groups excluding carboxylic acids is 1. The lowest BCUT2D eigenvalue weighted by Crippen LogP contribution is -2.43. The molecule has 6 nitrogen and oxygen atoms in total. The number of carbonyl (C=O) groups is 1. The van der Waals surface area contributed by atoms with Crippen LogP contribution < -0.4 is 5.32 Å². The lowest BCUT2D eigenvalue weighted by molar-refractivity contribution is 0.0638. The van der Waals surface area contributed by atoms with Gasteiger partial charge < -0.3 is 10.2 Å². The van der Waals surface area contributed by atoms with Gasteiger partial charge in [0, 0.05) is 13.1 Å². The van der Waals surface area contributed by atoms with Gasteiger partial charge in [-0.25, -0.2) is 4.68 Å². The van der Waals surface area contributed by atoms with Crippen LogP contribution >= 0.6 is 12.4 Å². The maximum absolute atomic E-state index is 13.2. The van der Waals surface area contributed by atoms with Gasteiger partial charge in [0.05, 0.1) is 11.7 Å². The molecule has 2 aliphatic rings. The molecule has 2 aromatic rings. The Labute approximate surface area is 179 Å². The molecule has 0 bridgehead atoms. The number of aromatic nitrogens is 3. The molecule has 0 saturated carbocycles. The first-order valence-electron chi connectivity index (χ1n) is 10.7. The number of halogens is 1. The smallest absolute Gasteiger partial charge is 0.276 e. The quantitative estimate of drug-likeness (QED) is 0.825. The molecule has 158 valence electrons. The lowest BCUT2D eigenvalue weighted by Gasteiger charge is -2.38. The summed E-state index contributed by atoms with van der Waals surface area (Å²) in [6, 6.07) is 11.1. The Balaban J connectivity index is 0.00000240. The molecule has 4 rings (SSSR count). The number of rotatable bonds is 4. The molecule has 2 unspecified atom stereocenters. The van der Waals surface area contributed by atoms with E-state index in [-0.39, 0.29) is 18.3 Å². The van der Waals surface area contributed by atoms with E-state index in [4.69, 9.17) is 0 Å². The maximum Gasteiger partial charge on any atom is 0.276 e. The van der Waals surface area contributed by atoms with E-state index in [1.807, 2.05) is 16.5 Å². The second-order valence-electron chi connectivity index (χ2n) is 8.17. The van der Waals surface area contributed by atoms with E-state index in [0.717, 1.165) is 57.6 Å². The molecule has 7 heteroatoms. The maximum atomic E-state index is 13.2. The van der Waals surface area contributed by atoms with Crippen molar-refractivity contribution in [1.29, 1.82) is 0 Å². The normalized spacial score (nSPS) is 22.9. The zero-order valence-electron chi connectivity index (χ0n) is 17.4. The van der Waals surface area contributed by atoms with Crippen molar-refractivity contribution in [3.05, 3.63) is 47.3 Å². The Kier molecular flexibility index (Phi) is 7.30. The van der Waals surface area contributed by atoms with Crippen LogP contribution in [0.4, 0.5) is 0 Å². The predicted molar refractivity (Wildman–Crippen MR) is 117 cm³/mol. The zero-order chi connectivity index (χ0) is 19.5. The highest BCUT2D eigenvalue weighted by Crippen LogP contribution is 2.35. The number of nitrogens with zero attached hydrogens (tertiary/aromatic N) is 4. The summed E-state index contributed by atoms with van der Waals surface area (Å²) >= 11 is 0. The fourth-order valence-electron chi connectivity index (χ4n) is 4.86. The summed E-state index contributed by atoms with van der Waals surface area (Å²) in [5.74, 6) is 1.06. The van der Waals surface area contributed by atoms with Crippen molar-refractivity contribution in [2.75, 3.05) is 26.2 Å². The summed E-state index contributed by atoms with van der Waals surface area (Å²) in [7, 11) is 0. The Hall–Kier alpha value is -1.92. The highest BCUT2D eigenvalue weighted by Gasteiger charge is 2.33. The zero-order valence-corrected chi connectivity index (χ0v) is 18.2. The summed E-state index contributed by atoms with van der Waals surface area (Å²) in [6.45, 7) is 7.80. The third-order valence-electron chi connectivity index (χ3n) is 6.56. The summed E-state index contributed by atoms with van der Waals surface area (Å²) < 4.78 is 1.97. The van der Waals surface area contributed by atoms with Crippen molar-refractivity contribution >= 4 is 18.3 Å². The minimum atomic E-state index is 0. The second kappa shape index (κ2) is 9.72. The van der Waals surface area contributed by atoms with Crippen LogP contribution in [-0.4, -0.2) is 52.0 Å².